The number of hydrogen-bond acceptors (Lipinski definition) is 1. The summed E-state index contributed by atoms with van der Waals surface area (Å²) in [6, 6.07) is 13.7. The summed E-state index contributed by atoms with van der Waals surface area (Å²) in [6.45, 7) is 0.949. The average Bonchev–Trinajstić information content (AvgIpc) is 2.45. The molecule has 2 aromatic rings. The number of anilines is 1. The number of carbonyl (C=O) groups is 1. The van der Waals surface area contributed by atoms with Crippen molar-refractivity contribution in [1.29, 1.82) is 0 Å². The van der Waals surface area contributed by atoms with Gasteiger partial charge in [0.15, 0.2) is 12.4 Å². The summed E-state index contributed by atoms with van der Waals surface area (Å²) in [5, 5.41) is 2.91. The first kappa shape index (κ1) is 14.7. The molecule has 1 N–H and O–H groups in total. The van der Waals surface area contributed by atoms with Gasteiger partial charge in [-0.25, -0.2) is 4.57 Å². The number of aryl methyl sites for hydroxylation is 1. The van der Waals surface area contributed by atoms with Crippen LogP contribution in [0.3, 0.4) is 0 Å². The van der Waals surface area contributed by atoms with Crippen LogP contribution >= 0.6 is 15.9 Å². The highest BCUT2D eigenvalue weighted by molar-refractivity contribution is 9.10. The van der Waals surface area contributed by atoms with E-state index in [1.807, 2.05) is 54.9 Å². The normalized spacial score (nSPS) is 10.2. The fourth-order valence-corrected chi connectivity index (χ4v) is 2.35. The SMILES string of the molecule is O=C(CCCC[n+]1ccccc1)Nc1cccc(Br)c1. The Kier molecular flexibility index (Phi) is 5.74. The monoisotopic (exact) mass is 333 g/mol. The molecule has 1 aromatic heterocycles. The Morgan fingerprint density at radius 3 is 2.65 bits per heavy atom. The zero-order valence-corrected chi connectivity index (χ0v) is 12.8. The number of carbonyl (C=O) groups excluding carboxylic acids is 1. The van der Waals surface area contributed by atoms with Crippen LogP contribution in [0.5, 0.6) is 0 Å². The molecule has 2 rings (SSSR count). The van der Waals surface area contributed by atoms with Gasteiger partial charge in [0.05, 0.1) is 0 Å². The Morgan fingerprint density at radius 2 is 1.90 bits per heavy atom. The summed E-state index contributed by atoms with van der Waals surface area (Å²) in [5.74, 6) is 0.0705. The fraction of sp³-hybridized carbons (Fsp3) is 0.250. The predicted octanol–water partition coefficient (Wildman–Crippen LogP) is 3.55. The molecule has 0 bridgehead atoms. The number of hydrogen-bond donors (Lipinski definition) is 1. The van der Waals surface area contributed by atoms with Gasteiger partial charge in [0.2, 0.25) is 5.91 Å². The second-order valence-electron chi connectivity index (χ2n) is 4.63. The summed E-state index contributed by atoms with van der Waals surface area (Å²) in [4.78, 5) is 11.8. The second kappa shape index (κ2) is 7.80. The van der Waals surface area contributed by atoms with E-state index in [-0.39, 0.29) is 5.91 Å². The van der Waals surface area contributed by atoms with Gasteiger partial charge in [-0.15, -0.1) is 0 Å². The summed E-state index contributed by atoms with van der Waals surface area (Å²) >= 11 is 3.39. The van der Waals surface area contributed by atoms with Crippen LogP contribution in [0, 0.1) is 0 Å². The van der Waals surface area contributed by atoms with Crippen molar-refractivity contribution in [1.82, 2.24) is 0 Å². The van der Waals surface area contributed by atoms with Crippen molar-refractivity contribution in [3.05, 3.63) is 59.3 Å². The van der Waals surface area contributed by atoms with Crippen molar-refractivity contribution in [3.8, 4) is 0 Å². The zero-order valence-electron chi connectivity index (χ0n) is 11.3. The van der Waals surface area contributed by atoms with Crippen molar-refractivity contribution >= 4 is 27.5 Å². The van der Waals surface area contributed by atoms with E-state index in [2.05, 4.69) is 25.8 Å². The Labute approximate surface area is 127 Å². The predicted molar refractivity (Wildman–Crippen MR) is 83.3 cm³/mol. The third kappa shape index (κ3) is 5.13. The molecule has 0 aliphatic heterocycles. The molecule has 3 nitrogen and oxygen atoms in total. The maximum absolute atomic E-state index is 11.8. The lowest BCUT2D eigenvalue weighted by atomic mass is 10.2. The van der Waals surface area contributed by atoms with Crippen LogP contribution in [0.2, 0.25) is 0 Å². The van der Waals surface area contributed by atoms with E-state index >= 15 is 0 Å². The van der Waals surface area contributed by atoms with E-state index in [0.29, 0.717) is 6.42 Å². The number of benzene rings is 1. The number of amides is 1. The smallest absolute Gasteiger partial charge is 0.224 e. The highest BCUT2D eigenvalue weighted by atomic mass is 79.9. The van der Waals surface area contributed by atoms with E-state index in [1.54, 1.807) is 0 Å². The maximum Gasteiger partial charge on any atom is 0.224 e. The van der Waals surface area contributed by atoms with Gasteiger partial charge < -0.3 is 5.32 Å². The second-order valence-corrected chi connectivity index (χ2v) is 5.54. The fourth-order valence-electron chi connectivity index (χ4n) is 1.95. The largest absolute Gasteiger partial charge is 0.326 e. The third-order valence-electron chi connectivity index (χ3n) is 2.96. The van der Waals surface area contributed by atoms with Crippen LogP contribution < -0.4 is 9.88 Å². The summed E-state index contributed by atoms with van der Waals surface area (Å²) in [7, 11) is 0. The van der Waals surface area contributed by atoms with Crippen LogP contribution in [0.4, 0.5) is 5.69 Å². The molecule has 0 aliphatic rings. The van der Waals surface area contributed by atoms with Gasteiger partial charge in [0.25, 0.3) is 0 Å². The first-order chi connectivity index (χ1) is 9.74. The lowest BCUT2D eigenvalue weighted by molar-refractivity contribution is -0.697. The van der Waals surface area contributed by atoms with Gasteiger partial charge in [0, 0.05) is 35.1 Å². The standard InChI is InChI=1S/C16H17BrN2O/c17-14-7-6-8-15(13-14)18-16(20)9-2-5-12-19-10-3-1-4-11-19/h1,3-4,6-8,10-11,13H,2,5,9,12H2/p+1. The van der Waals surface area contributed by atoms with Crippen molar-refractivity contribution in [3.63, 3.8) is 0 Å². The van der Waals surface area contributed by atoms with Gasteiger partial charge >= 0.3 is 0 Å². The van der Waals surface area contributed by atoms with Crippen molar-refractivity contribution < 1.29 is 9.36 Å². The van der Waals surface area contributed by atoms with Gasteiger partial charge in [-0.1, -0.05) is 28.1 Å². The molecule has 0 aliphatic carbocycles. The summed E-state index contributed by atoms with van der Waals surface area (Å²) in [6.07, 6.45) is 6.53. The quantitative estimate of drug-likeness (QED) is 0.636. The Bertz CT molecular complexity index is 557. The molecule has 0 saturated heterocycles. The van der Waals surface area contributed by atoms with Crippen LogP contribution in [-0.4, -0.2) is 5.91 Å². The maximum atomic E-state index is 11.8. The molecule has 4 heteroatoms. The van der Waals surface area contributed by atoms with E-state index in [9.17, 15) is 4.79 Å². The van der Waals surface area contributed by atoms with E-state index in [0.717, 1.165) is 29.5 Å². The molecule has 104 valence electrons. The lowest BCUT2D eigenvalue weighted by Crippen LogP contribution is -2.32. The molecule has 0 atom stereocenters. The molecule has 20 heavy (non-hydrogen) atoms. The van der Waals surface area contributed by atoms with Gasteiger partial charge in [-0.2, -0.15) is 0 Å². The summed E-state index contributed by atoms with van der Waals surface area (Å²) < 4.78 is 3.10. The highest BCUT2D eigenvalue weighted by Gasteiger charge is 2.04. The Hall–Kier alpha value is -1.68. The van der Waals surface area contributed by atoms with E-state index < -0.39 is 0 Å². The highest BCUT2D eigenvalue weighted by Crippen LogP contribution is 2.15. The van der Waals surface area contributed by atoms with E-state index in [4.69, 9.17) is 0 Å². The first-order valence-electron chi connectivity index (χ1n) is 6.73. The topological polar surface area (TPSA) is 33.0 Å². The molecule has 1 amide bonds. The minimum absolute atomic E-state index is 0.0705. The number of unbranched alkanes of at least 4 members (excludes halogenated alkanes) is 1. The first-order valence-corrected chi connectivity index (χ1v) is 7.53. The van der Waals surface area contributed by atoms with Crippen LogP contribution in [0.1, 0.15) is 19.3 Å². The molecule has 0 radical (unpaired) electrons. The van der Waals surface area contributed by atoms with Crippen molar-refractivity contribution in [2.24, 2.45) is 0 Å². The number of rotatable bonds is 6. The number of aromatic nitrogens is 1. The van der Waals surface area contributed by atoms with E-state index in [1.165, 1.54) is 0 Å². The number of halogens is 1. The number of nitrogens with zero attached hydrogens (tertiary/aromatic N) is 1. The molecule has 1 heterocycles. The zero-order chi connectivity index (χ0) is 14.2. The average molecular weight is 334 g/mol. The lowest BCUT2D eigenvalue weighted by Gasteiger charge is -2.05. The van der Waals surface area contributed by atoms with Gasteiger partial charge in [-0.3, -0.25) is 4.79 Å². The minimum atomic E-state index is 0.0705. The van der Waals surface area contributed by atoms with Gasteiger partial charge in [0.1, 0.15) is 6.54 Å². The number of nitrogens with one attached hydrogen (secondary N) is 1. The Balaban J connectivity index is 1.68. The third-order valence-corrected chi connectivity index (χ3v) is 3.45. The number of pyridine rings is 1. The van der Waals surface area contributed by atoms with Crippen molar-refractivity contribution in [2.75, 3.05) is 5.32 Å². The molecule has 0 spiro atoms. The molecule has 0 unspecified atom stereocenters. The molecule has 0 fully saturated rings. The molecular formula is C16H18BrN2O+. The Morgan fingerprint density at radius 1 is 1.10 bits per heavy atom. The van der Waals surface area contributed by atoms with Crippen LogP contribution in [-0.2, 0) is 11.3 Å². The minimum Gasteiger partial charge on any atom is -0.326 e. The molecule has 1 aromatic carbocycles. The van der Waals surface area contributed by atoms with Crippen LogP contribution in [0.15, 0.2) is 59.3 Å². The summed E-state index contributed by atoms with van der Waals surface area (Å²) in [5.41, 5.74) is 0.835. The van der Waals surface area contributed by atoms with Crippen LogP contribution in [0.25, 0.3) is 0 Å². The van der Waals surface area contributed by atoms with Crippen molar-refractivity contribution in [2.45, 2.75) is 25.8 Å². The molecular weight excluding hydrogens is 316 g/mol. The van der Waals surface area contributed by atoms with Gasteiger partial charge in [-0.05, 0) is 24.6 Å². The molecule has 0 saturated carbocycles.